The van der Waals surface area contributed by atoms with Gasteiger partial charge in [-0.1, -0.05) is 34.8 Å². The lowest BCUT2D eigenvalue weighted by Gasteiger charge is -2.10. The Bertz CT molecular complexity index is 700. The maximum absolute atomic E-state index is 11.9. The third-order valence-electron chi connectivity index (χ3n) is 2.39. The number of benzene rings is 1. The summed E-state index contributed by atoms with van der Waals surface area (Å²) in [6.07, 6.45) is -4.63. The van der Waals surface area contributed by atoms with Crippen molar-refractivity contribution in [2.24, 2.45) is 0 Å². The molecule has 3 amide bonds. The fourth-order valence-electron chi connectivity index (χ4n) is 1.33. The van der Waals surface area contributed by atoms with E-state index in [1.807, 2.05) is 0 Å². The van der Waals surface area contributed by atoms with Crippen LogP contribution in [0.3, 0.4) is 0 Å². The Morgan fingerprint density at radius 1 is 1.00 bits per heavy atom. The van der Waals surface area contributed by atoms with Gasteiger partial charge in [0.1, 0.15) is 12.3 Å². The summed E-state index contributed by atoms with van der Waals surface area (Å²) in [7, 11) is 0. The summed E-state index contributed by atoms with van der Waals surface area (Å²) in [6, 6.07) is 1.17. The SMILES string of the molecule is O=C(COC(=O)COc1cc(Cl)c(Cl)cc1Cl)NC(=O)NCC(F)(F)F. The number of ether oxygens (including phenoxy) is 2. The minimum Gasteiger partial charge on any atom is -0.480 e. The molecule has 144 valence electrons. The summed E-state index contributed by atoms with van der Waals surface area (Å²) in [5, 5.41) is 3.33. The number of rotatable bonds is 6. The quantitative estimate of drug-likeness (QED) is 0.527. The Labute approximate surface area is 159 Å². The topological polar surface area (TPSA) is 93.7 Å². The Hall–Kier alpha value is -1.91. The highest BCUT2D eigenvalue weighted by molar-refractivity contribution is 6.43. The van der Waals surface area contributed by atoms with E-state index >= 15 is 0 Å². The van der Waals surface area contributed by atoms with Gasteiger partial charge in [0.15, 0.2) is 13.2 Å². The Morgan fingerprint density at radius 2 is 1.62 bits per heavy atom. The molecular weight excluding hydrogens is 428 g/mol. The van der Waals surface area contributed by atoms with E-state index in [1.165, 1.54) is 17.4 Å². The summed E-state index contributed by atoms with van der Waals surface area (Å²) >= 11 is 17.3. The van der Waals surface area contributed by atoms with Crippen molar-refractivity contribution in [1.82, 2.24) is 10.6 Å². The van der Waals surface area contributed by atoms with E-state index in [-0.39, 0.29) is 20.8 Å². The number of halogens is 6. The van der Waals surface area contributed by atoms with Gasteiger partial charge in [-0.2, -0.15) is 13.2 Å². The van der Waals surface area contributed by atoms with Crippen LogP contribution in [0.1, 0.15) is 0 Å². The van der Waals surface area contributed by atoms with Crippen LogP contribution in [0, 0.1) is 0 Å². The summed E-state index contributed by atoms with van der Waals surface area (Å²) in [4.78, 5) is 33.7. The molecule has 1 rings (SSSR count). The molecule has 1 aromatic carbocycles. The van der Waals surface area contributed by atoms with Crippen LogP contribution in [-0.2, 0) is 14.3 Å². The molecule has 2 N–H and O–H groups in total. The van der Waals surface area contributed by atoms with Crippen molar-refractivity contribution in [2.75, 3.05) is 19.8 Å². The number of imide groups is 1. The first-order valence-electron chi connectivity index (χ1n) is 6.55. The van der Waals surface area contributed by atoms with Crippen LogP contribution in [0.25, 0.3) is 0 Å². The van der Waals surface area contributed by atoms with Crippen molar-refractivity contribution >= 4 is 52.7 Å². The van der Waals surface area contributed by atoms with Crippen molar-refractivity contribution in [3.63, 3.8) is 0 Å². The number of amides is 3. The summed E-state index contributed by atoms with van der Waals surface area (Å²) in [6.45, 7) is -3.17. The molecule has 0 aliphatic heterocycles. The van der Waals surface area contributed by atoms with Crippen LogP contribution in [0.4, 0.5) is 18.0 Å². The van der Waals surface area contributed by atoms with Crippen LogP contribution in [0.5, 0.6) is 5.75 Å². The van der Waals surface area contributed by atoms with Gasteiger partial charge in [0.05, 0.1) is 15.1 Å². The molecule has 0 radical (unpaired) electrons. The number of carbonyl (C=O) groups is 3. The number of urea groups is 1. The minimum absolute atomic E-state index is 0.0361. The standard InChI is InChI=1S/C13H10Cl3F3N2O5/c14-6-1-8(16)9(2-7(6)15)25-4-11(23)26-3-10(22)21-12(24)20-5-13(17,18)19/h1-2H,3-5H2,(H2,20,21,22,24). The van der Waals surface area contributed by atoms with Crippen molar-refractivity contribution in [3.05, 3.63) is 27.2 Å². The van der Waals surface area contributed by atoms with E-state index in [1.54, 1.807) is 5.32 Å². The maximum Gasteiger partial charge on any atom is 0.405 e. The van der Waals surface area contributed by atoms with E-state index in [2.05, 4.69) is 4.74 Å². The second kappa shape index (κ2) is 9.70. The Morgan fingerprint density at radius 3 is 2.23 bits per heavy atom. The lowest BCUT2D eigenvalue weighted by atomic mass is 10.3. The van der Waals surface area contributed by atoms with Gasteiger partial charge in [0.25, 0.3) is 5.91 Å². The lowest BCUT2D eigenvalue weighted by molar-refractivity contribution is -0.150. The lowest BCUT2D eigenvalue weighted by Crippen LogP contribution is -2.44. The molecule has 13 heteroatoms. The number of nitrogens with one attached hydrogen (secondary N) is 2. The van der Waals surface area contributed by atoms with Crippen LogP contribution < -0.4 is 15.4 Å². The molecule has 0 aliphatic carbocycles. The van der Waals surface area contributed by atoms with Crippen molar-refractivity contribution in [2.45, 2.75) is 6.18 Å². The van der Waals surface area contributed by atoms with Crippen LogP contribution in [0.2, 0.25) is 15.1 Å². The second-order valence-corrected chi connectivity index (χ2v) is 5.71. The Balaban J connectivity index is 2.35. The molecular formula is C13H10Cl3F3N2O5. The van der Waals surface area contributed by atoms with Gasteiger partial charge >= 0.3 is 18.2 Å². The monoisotopic (exact) mass is 436 g/mol. The average molecular weight is 438 g/mol. The molecule has 0 atom stereocenters. The van der Waals surface area contributed by atoms with E-state index in [0.29, 0.717) is 0 Å². The fraction of sp³-hybridized carbons (Fsp3) is 0.308. The van der Waals surface area contributed by atoms with E-state index < -0.39 is 43.8 Å². The number of hydrogen-bond acceptors (Lipinski definition) is 5. The van der Waals surface area contributed by atoms with Crippen LogP contribution in [-0.4, -0.2) is 43.8 Å². The van der Waals surface area contributed by atoms with Gasteiger partial charge in [0, 0.05) is 6.07 Å². The summed E-state index contributed by atoms with van der Waals surface area (Å²) in [5.41, 5.74) is 0. The molecule has 0 fully saturated rings. The highest BCUT2D eigenvalue weighted by atomic mass is 35.5. The van der Waals surface area contributed by atoms with Crippen LogP contribution in [0.15, 0.2) is 12.1 Å². The van der Waals surface area contributed by atoms with Gasteiger partial charge in [0.2, 0.25) is 0 Å². The normalized spacial score (nSPS) is 10.8. The summed E-state index contributed by atoms with van der Waals surface area (Å²) < 4.78 is 45.1. The van der Waals surface area contributed by atoms with E-state index in [4.69, 9.17) is 39.5 Å². The number of alkyl halides is 3. The highest BCUT2D eigenvalue weighted by Crippen LogP contribution is 2.33. The molecule has 0 aromatic heterocycles. The smallest absolute Gasteiger partial charge is 0.405 e. The zero-order chi connectivity index (χ0) is 19.9. The van der Waals surface area contributed by atoms with Gasteiger partial charge in [-0.05, 0) is 6.07 Å². The van der Waals surface area contributed by atoms with Gasteiger partial charge < -0.3 is 14.8 Å². The molecule has 26 heavy (non-hydrogen) atoms. The van der Waals surface area contributed by atoms with Crippen LogP contribution >= 0.6 is 34.8 Å². The first kappa shape index (κ1) is 22.1. The molecule has 0 spiro atoms. The number of carbonyl (C=O) groups excluding carboxylic acids is 3. The maximum atomic E-state index is 11.9. The zero-order valence-electron chi connectivity index (χ0n) is 12.6. The molecule has 0 unspecified atom stereocenters. The Kier molecular flexibility index (Phi) is 8.25. The predicted octanol–water partition coefficient (Wildman–Crippen LogP) is 2.96. The first-order valence-corrected chi connectivity index (χ1v) is 7.68. The minimum atomic E-state index is -4.63. The van der Waals surface area contributed by atoms with E-state index in [0.717, 1.165) is 0 Å². The largest absolute Gasteiger partial charge is 0.480 e. The zero-order valence-corrected chi connectivity index (χ0v) is 14.9. The van der Waals surface area contributed by atoms with Crippen molar-refractivity contribution in [3.8, 4) is 5.75 Å². The third kappa shape index (κ3) is 8.45. The predicted molar refractivity (Wildman–Crippen MR) is 85.5 cm³/mol. The number of esters is 1. The van der Waals surface area contributed by atoms with E-state index in [9.17, 15) is 27.6 Å². The third-order valence-corrected chi connectivity index (χ3v) is 3.40. The molecule has 0 heterocycles. The molecule has 0 bridgehead atoms. The molecule has 7 nitrogen and oxygen atoms in total. The van der Waals surface area contributed by atoms with Gasteiger partial charge in [-0.15, -0.1) is 0 Å². The van der Waals surface area contributed by atoms with Gasteiger partial charge in [-0.3, -0.25) is 10.1 Å². The average Bonchev–Trinajstić information content (AvgIpc) is 2.52. The van der Waals surface area contributed by atoms with Crippen molar-refractivity contribution in [1.29, 1.82) is 0 Å². The summed E-state index contributed by atoms with van der Waals surface area (Å²) in [5.74, 6) is -2.10. The molecule has 0 saturated carbocycles. The van der Waals surface area contributed by atoms with Crippen molar-refractivity contribution < 1.29 is 37.0 Å². The highest BCUT2D eigenvalue weighted by Gasteiger charge is 2.28. The first-order chi connectivity index (χ1) is 12.0. The number of hydrogen-bond donors (Lipinski definition) is 2. The second-order valence-electron chi connectivity index (χ2n) is 4.49. The molecule has 1 aromatic rings. The fourth-order valence-corrected chi connectivity index (χ4v) is 1.92. The molecule has 0 aliphatic rings. The van der Waals surface area contributed by atoms with Gasteiger partial charge in [-0.25, -0.2) is 9.59 Å². The molecule has 0 saturated heterocycles.